The molecule has 0 fully saturated rings. The van der Waals surface area contributed by atoms with Crippen molar-refractivity contribution < 1.29 is 10.2 Å². The molecule has 102 valence electrons. The fourth-order valence-corrected chi connectivity index (χ4v) is 2.87. The lowest BCUT2D eigenvalue weighted by Gasteiger charge is -2.15. The van der Waals surface area contributed by atoms with Crippen LogP contribution >= 0.6 is 11.3 Å². The zero-order valence-electron chi connectivity index (χ0n) is 11.2. The summed E-state index contributed by atoms with van der Waals surface area (Å²) in [6.07, 6.45) is 1.06. The van der Waals surface area contributed by atoms with E-state index < -0.39 is 0 Å². The van der Waals surface area contributed by atoms with Crippen molar-refractivity contribution in [2.24, 2.45) is 0 Å². The van der Waals surface area contributed by atoms with Crippen LogP contribution < -0.4 is 5.32 Å². The molecule has 0 aliphatic rings. The Hall–Kier alpha value is -1.52. The lowest BCUT2D eigenvalue weighted by molar-refractivity contribution is 0.441. The summed E-state index contributed by atoms with van der Waals surface area (Å²) in [7, 11) is 0. The molecule has 3 N–H and O–H groups in total. The molecular formula is C15H19NO2S. The number of hydrogen-bond donors (Lipinski definition) is 3. The van der Waals surface area contributed by atoms with Gasteiger partial charge in [0.1, 0.15) is 11.5 Å². The van der Waals surface area contributed by atoms with Crippen molar-refractivity contribution in [2.45, 2.75) is 32.9 Å². The van der Waals surface area contributed by atoms with Gasteiger partial charge in [-0.3, -0.25) is 0 Å². The second-order valence-corrected chi connectivity index (χ2v) is 5.82. The SMILES string of the molecule is CCc1ccc(CNC(C)c2cc(O)ccc2O)s1. The summed E-state index contributed by atoms with van der Waals surface area (Å²) < 4.78 is 0. The summed E-state index contributed by atoms with van der Waals surface area (Å²) in [5.74, 6) is 0.379. The third-order valence-corrected chi connectivity index (χ3v) is 4.36. The van der Waals surface area contributed by atoms with Crippen LogP contribution in [-0.2, 0) is 13.0 Å². The number of nitrogens with one attached hydrogen (secondary N) is 1. The van der Waals surface area contributed by atoms with Crippen LogP contribution in [0, 0.1) is 0 Å². The smallest absolute Gasteiger partial charge is 0.120 e. The molecule has 0 aliphatic heterocycles. The number of rotatable bonds is 5. The molecule has 0 saturated carbocycles. The minimum absolute atomic E-state index is 0.0146. The van der Waals surface area contributed by atoms with Crippen LogP contribution in [0.1, 0.15) is 35.2 Å². The highest BCUT2D eigenvalue weighted by atomic mass is 32.1. The van der Waals surface area contributed by atoms with E-state index in [1.807, 2.05) is 6.92 Å². The van der Waals surface area contributed by atoms with Crippen LogP contribution in [0.5, 0.6) is 11.5 Å². The van der Waals surface area contributed by atoms with E-state index in [-0.39, 0.29) is 17.5 Å². The van der Waals surface area contributed by atoms with E-state index in [0.29, 0.717) is 5.56 Å². The number of phenolic OH excluding ortho intramolecular Hbond substituents is 2. The Balaban J connectivity index is 2.00. The second kappa shape index (κ2) is 6.08. The van der Waals surface area contributed by atoms with Crippen LogP contribution in [0.4, 0.5) is 0 Å². The van der Waals surface area contributed by atoms with Crippen LogP contribution in [0.3, 0.4) is 0 Å². The maximum atomic E-state index is 9.80. The van der Waals surface area contributed by atoms with Gasteiger partial charge >= 0.3 is 0 Å². The van der Waals surface area contributed by atoms with Crippen molar-refractivity contribution in [1.29, 1.82) is 0 Å². The first-order chi connectivity index (χ1) is 9.10. The predicted octanol–water partition coefficient (Wildman–Crippen LogP) is 3.57. The van der Waals surface area contributed by atoms with E-state index in [2.05, 4.69) is 24.4 Å². The van der Waals surface area contributed by atoms with Crippen molar-refractivity contribution >= 4 is 11.3 Å². The Bertz CT molecular complexity index is 551. The van der Waals surface area contributed by atoms with Gasteiger partial charge in [-0.1, -0.05) is 6.92 Å². The molecule has 19 heavy (non-hydrogen) atoms. The highest BCUT2D eigenvalue weighted by Gasteiger charge is 2.11. The van der Waals surface area contributed by atoms with Gasteiger partial charge < -0.3 is 15.5 Å². The number of phenols is 2. The van der Waals surface area contributed by atoms with E-state index >= 15 is 0 Å². The van der Waals surface area contributed by atoms with Gasteiger partial charge in [0.05, 0.1) is 0 Å². The molecule has 0 amide bonds. The van der Waals surface area contributed by atoms with Gasteiger partial charge in [0.15, 0.2) is 0 Å². The Morgan fingerprint density at radius 2 is 1.89 bits per heavy atom. The van der Waals surface area contributed by atoms with E-state index in [9.17, 15) is 10.2 Å². The Morgan fingerprint density at radius 3 is 2.58 bits per heavy atom. The van der Waals surface area contributed by atoms with Gasteiger partial charge in [-0.15, -0.1) is 11.3 Å². The van der Waals surface area contributed by atoms with Crippen molar-refractivity contribution in [3.63, 3.8) is 0 Å². The molecule has 0 aliphatic carbocycles. The number of aromatic hydroxyl groups is 2. The number of aryl methyl sites for hydroxylation is 1. The van der Waals surface area contributed by atoms with Gasteiger partial charge in [0.2, 0.25) is 0 Å². The van der Waals surface area contributed by atoms with Crippen molar-refractivity contribution in [3.8, 4) is 11.5 Å². The number of benzene rings is 1. The summed E-state index contributed by atoms with van der Waals surface area (Å²) in [6.45, 7) is 4.89. The Kier molecular flexibility index (Phi) is 4.45. The first-order valence-electron chi connectivity index (χ1n) is 6.43. The molecule has 1 heterocycles. The molecule has 0 radical (unpaired) electrons. The third kappa shape index (κ3) is 3.49. The normalized spacial score (nSPS) is 12.5. The first-order valence-corrected chi connectivity index (χ1v) is 7.24. The average molecular weight is 277 g/mol. The molecule has 1 unspecified atom stereocenters. The molecule has 1 aromatic carbocycles. The van der Waals surface area contributed by atoms with Gasteiger partial charge in [-0.05, 0) is 43.7 Å². The van der Waals surface area contributed by atoms with E-state index in [0.717, 1.165) is 13.0 Å². The monoisotopic (exact) mass is 277 g/mol. The molecule has 2 rings (SSSR count). The molecule has 1 aromatic heterocycles. The quantitative estimate of drug-likeness (QED) is 0.732. The highest BCUT2D eigenvalue weighted by molar-refractivity contribution is 7.11. The molecule has 2 aromatic rings. The molecule has 0 bridgehead atoms. The number of thiophene rings is 1. The van der Waals surface area contributed by atoms with Crippen LogP contribution in [0.15, 0.2) is 30.3 Å². The molecular weight excluding hydrogens is 258 g/mol. The van der Waals surface area contributed by atoms with E-state index in [1.54, 1.807) is 17.4 Å². The van der Waals surface area contributed by atoms with Gasteiger partial charge in [-0.2, -0.15) is 0 Å². The summed E-state index contributed by atoms with van der Waals surface area (Å²) >= 11 is 1.80. The topological polar surface area (TPSA) is 52.5 Å². The van der Waals surface area contributed by atoms with Crippen molar-refractivity contribution in [2.75, 3.05) is 0 Å². The zero-order valence-corrected chi connectivity index (χ0v) is 12.0. The first kappa shape index (κ1) is 13.9. The summed E-state index contributed by atoms with van der Waals surface area (Å²) in [6, 6.07) is 8.86. The van der Waals surface area contributed by atoms with Gasteiger partial charge in [0, 0.05) is 27.9 Å². The lowest BCUT2D eigenvalue weighted by Crippen LogP contribution is -2.17. The summed E-state index contributed by atoms with van der Waals surface area (Å²) in [5, 5.41) is 22.6. The largest absolute Gasteiger partial charge is 0.508 e. The van der Waals surface area contributed by atoms with Crippen molar-refractivity contribution in [1.82, 2.24) is 5.32 Å². The maximum absolute atomic E-state index is 9.80. The molecule has 4 heteroatoms. The summed E-state index contributed by atoms with van der Waals surface area (Å²) in [4.78, 5) is 2.66. The molecule has 3 nitrogen and oxygen atoms in total. The zero-order chi connectivity index (χ0) is 13.8. The van der Waals surface area contributed by atoms with Crippen LogP contribution in [-0.4, -0.2) is 10.2 Å². The minimum atomic E-state index is -0.0146. The van der Waals surface area contributed by atoms with Crippen LogP contribution in [0.25, 0.3) is 0 Å². The fourth-order valence-electron chi connectivity index (χ4n) is 1.96. The maximum Gasteiger partial charge on any atom is 0.120 e. The predicted molar refractivity (Wildman–Crippen MR) is 78.7 cm³/mol. The van der Waals surface area contributed by atoms with Gasteiger partial charge in [0.25, 0.3) is 0 Å². The summed E-state index contributed by atoms with van der Waals surface area (Å²) in [5.41, 5.74) is 0.715. The average Bonchev–Trinajstić information content (AvgIpc) is 2.87. The second-order valence-electron chi connectivity index (χ2n) is 4.57. The third-order valence-electron chi connectivity index (χ3n) is 3.13. The number of hydrogen-bond acceptors (Lipinski definition) is 4. The van der Waals surface area contributed by atoms with E-state index in [4.69, 9.17) is 0 Å². The molecule has 0 spiro atoms. The Labute approximate surface area is 117 Å². The highest BCUT2D eigenvalue weighted by Crippen LogP contribution is 2.28. The van der Waals surface area contributed by atoms with Crippen molar-refractivity contribution in [3.05, 3.63) is 45.6 Å². The lowest BCUT2D eigenvalue weighted by atomic mass is 10.1. The minimum Gasteiger partial charge on any atom is -0.508 e. The van der Waals surface area contributed by atoms with Crippen LogP contribution in [0.2, 0.25) is 0 Å². The van der Waals surface area contributed by atoms with Gasteiger partial charge in [-0.25, -0.2) is 0 Å². The Morgan fingerprint density at radius 1 is 1.16 bits per heavy atom. The standard InChI is InChI=1S/C15H19NO2S/c1-3-12-5-6-13(19-12)9-16-10(2)14-8-11(17)4-7-15(14)18/h4-8,10,16-18H,3,9H2,1-2H3. The molecule has 1 atom stereocenters. The fraction of sp³-hybridized carbons (Fsp3) is 0.333. The molecule has 0 saturated heterocycles. The van der Waals surface area contributed by atoms with E-state index in [1.165, 1.54) is 21.9 Å².